The summed E-state index contributed by atoms with van der Waals surface area (Å²) in [4.78, 5) is 24.9. The number of piperidine rings is 1. The van der Waals surface area contributed by atoms with Gasteiger partial charge in [0.2, 0.25) is 5.88 Å². The summed E-state index contributed by atoms with van der Waals surface area (Å²) in [6.45, 7) is 11.7. The number of carbonyl (C=O) groups is 2. The van der Waals surface area contributed by atoms with Crippen LogP contribution in [-0.4, -0.2) is 65.7 Å². The fourth-order valence-electron chi connectivity index (χ4n) is 3.31. The van der Waals surface area contributed by atoms with Gasteiger partial charge in [0.1, 0.15) is 12.4 Å². The first-order valence-electron chi connectivity index (χ1n) is 10.6. The number of aromatic nitrogens is 1. The molecule has 2 aliphatic rings. The van der Waals surface area contributed by atoms with Crippen molar-refractivity contribution >= 4 is 17.8 Å². The first-order valence-corrected chi connectivity index (χ1v) is 10.6. The Morgan fingerprint density at radius 1 is 1.00 bits per heavy atom. The van der Waals surface area contributed by atoms with Crippen LogP contribution >= 0.6 is 0 Å². The standard InChI is InChI=1S/C17H27N3O.2C2HF3O2/c1-17(2,3)14-6-9-20(10-7-14)15-5-4-13-12-18-8-11-21-16(13)19-15;2*3-2(4,5)1(6)7/h4-5,14,18H,6-12H2,1-3H3;2*(H,6,7). The lowest BCUT2D eigenvalue weighted by molar-refractivity contribution is -0.193. The molecule has 0 amide bonds. The highest BCUT2D eigenvalue weighted by Crippen LogP contribution is 2.35. The number of halogens is 6. The van der Waals surface area contributed by atoms with Crippen molar-refractivity contribution in [2.45, 2.75) is 52.5 Å². The van der Waals surface area contributed by atoms with E-state index in [0.717, 1.165) is 43.8 Å². The summed E-state index contributed by atoms with van der Waals surface area (Å²) in [6.07, 6.45) is -7.66. The number of anilines is 1. The SMILES string of the molecule is CC(C)(C)C1CCN(c2ccc3c(n2)OCCNC3)CC1.O=C(O)C(F)(F)F.O=C(O)C(F)(F)F. The van der Waals surface area contributed by atoms with Crippen molar-refractivity contribution in [2.24, 2.45) is 11.3 Å². The Balaban J connectivity index is 0.000000362. The van der Waals surface area contributed by atoms with Gasteiger partial charge in [-0.1, -0.05) is 20.8 Å². The Kier molecular flexibility index (Phi) is 10.6. The maximum atomic E-state index is 10.6. The van der Waals surface area contributed by atoms with Crippen LogP contribution in [0.25, 0.3) is 0 Å². The molecule has 0 spiro atoms. The zero-order valence-corrected chi connectivity index (χ0v) is 19.5. The largest absolute Gasteiger partial charge is 0.490 e. The lowest BCUT2D eigenvalue weighted by Gasteiger charge is -2.39. The van der Waals surface area contributed by atoms with E-state index in [1.807, 2.05) is 0 Å². The van der Waals surface area contributed by atoms with Gasteiger partial charge in [0.05, 0.1) is 0 Å². The third-order valence-corrected chi connectivity index (χ3v) is 5.29. The molecule has 35 heavy (non-hydrogen) atoms. The van der Waals surface area contributed by atoms with Crippen LogP contribution in [0.2, 0.25) is 0 Å². The van der Waals surface area contributed by atoms with Crippen molar-refractivity contribution in [3.63, 3.8) is 0 Å². The minimum atomic E-state index is -5.08. The molecule has 0 aromatic carbocycles. The van der Waals surface area contributed by atoms with Crippen molar-refractivity contribution in [3.05, 3.63) is 17.7 Å². The number of ether oxygens (including phenoxy) is 1. The molecule has 0 saturated carbocycles. The first kappa shape index (κ1) is 30.3. The quantitative estimate of drug-likeness (QED) is 0.478. The number of carboxylic acid groups (broad SMARTS) is 2. The van der Waals surface area contributed by atoms with E-state index < -0.39 is 24.3 Å². The molecule has 3 N–H and O–H groups in total. The van der Waals surface area contributed by atoms with Crippen LogP contribution in [0.15, 0.2) is 12.1 Å². The zero-order valence-electron chi connectivity index (χ0n) is 19.5. The second-order valence-corrected chi connectivity index (χ2v) is 8.89. The Hall–Kier alpha value is -2.77. The Morgan fingerprint density at radius 3 is 1.91 bits per heavy atom. The summed E-state index contributed by atoms with van der Waals surface area (Å²) in [5.74, 6) is -2.81. The molecule has 0 bridgehead atoms. The van der Waals surface area contributed by atoms with Gasteiger partial charge in [-0.05, 0) is 36.3 Å². The molecule has 8 nitrogen and oxygen atoms in total. The smallest absolute Gasteiger partial charge is 0.476 e. The number of nitrogens with zero attached hydrogens (tertiary/aromatic N) is 2. The van der Waals surface area contributed by atoms with Crippen LogP contribution in [0.3, 0.4) is 0 Å². The summed E-state index contributed by atoms with van der Waals surface area (Å²) in [5.41, 5.74) is 1.59. The topological polar surface area (TPSA) is 112 Å². The number of alkyl halides is 6. The van der Waals surface area contributed by atoms with Gasteiger partial charge in [-0.25, -0.2) is 9.59 Å². The van der Waals surface area contributed by atoms with Crippen molar-refractivity contribution in [1.82, 2.24) is 10.3 Å². The third-order valence-electron chi connectivity index (χ3n) is 5.29. The molecule has 3 heterocycles. The Bertz CT molecular complexity index is 823. The van der Waals surface area contributed by atoms with E-state index >= 15 is 0 Å². The first-order chi connectivity index (χ1) is 15.9. The highest BCUT2D eigenvalue weighted by atomic mass is 19.4. The predicted molar refractivity (Wildman–Crippen MR) is 113 cm³/mol. The monoisotopic (exact) mass is 517 g/mol. The average molecular weight is 517 g/mol. The average Bonchev–Trinajstić information content (AvgIpc) is 2.97. The lowest BCUT2D eigenvalue weighted by Crippen LogP contribution is -2.38. The molecular weight excluding hydrogens is 488 g/mol. The van der Waals surface area contributed by atoms with E-state index in [-0.39, 0.29) is 0 Å². The van der Waals surface area contributed by atoms with Gasteiger partial charge in [-0.3, -0.25) is 0 Å². The van der Waals surface area contributed by atoms with E-state index in [2.05, 4.69) is 43.1 Å². The molecule has 0 atom stereocenters. The molecule has 3 rings (SSSR count). The summed E-state index contributed by atoms with van der Waals surface area (Å²) < 4.78 is 69.2. The molecule has 1 fully saturated rings. The van der Waals surface area contributed by atoms with Gasteiger partial charge in [-0.2, -0.15) is 31.3 Å². The van der Waals surface area contributed by atoms with Crippen LogP contribution in [0, 0.1) is 11.3 Å². The van der Waals surface area contributed by atoms with Crippen LogP contribution in [0.1, 0.15) is 39.2 Å². The zero-order chi connectivity index (χ0) is 27.0. The lowest BCUT2D eigenvalue weighted by atomic mass is 9.75. The number of fused-ring (bicyclic) bond motifs is 1. The molecule has 1 aromatic heterocycles. The number of hydrogen-bond donors (Lipinski definition) is 3. The van der Waals surface area contributed by atoms with Gasteiger partial charge in [0, 0.05) is 31.7 Å². The number of rotatable bonds is 1. The van der Waals surface area contributed by atoms with Crippen molar-refractivity contribution in [1.29, 1.82) is 0 Å². The molecule has 14 heteroatoms. The maximum absolute atomic E-state index is 10.6. The normalized spacial score (nSPS) is 16.9. The van der Waals surface area contributed by atoms with Gasteiger partial charge in [0.15, 0.2) is 0 Å². The highest BCUT2D eigenvalue weighted by Gasteiger charge is 2.39. The van der Waals surface area contributed by atoms with E-state index in [1.54, 1.807) is 0 Å². The molecule has 2 aliphatic heterocycles. The van der Waals surface area contributed by atoms with Gasteiger partial charge in [-0.15, -0.1) is 0 Å². The highest BCUT2D eigenvalue weighted by molar-refractivity contribution is 5.73. The van der Waals surface area contributed by atoms with Crippen molar-refractivity contribution in [3.8, 4) is 5.88 Å². The van der Waals surface area contributed by atoms with Crippen LogP contribution in [0.5, 0.6) is 5.88 Å². The molecule has 1 aromatic rings. The summed E-state index contributed by atoms with van der Waals surface area (Å²) in [7, 11) is 0. The number of carboxylic acids is 2. The third kappa shape index (κ3) is 10.6. The predicted octanol–water partition coefficient (Wildman–Crippen LogP) is 4.09. The summed E-state index contributed by atoms with van der Waals surface area (Å²) in [5, 5.41) is 17.6. The summed E-state index contributed by atoms with van der Waals surface area (Å²) in [6, 6.07) is 4.30. The molecule has 0 radical (unpaired) electrons. The van der Waals surface area contributed by atoms with E-state index in [1.165, 1.54) is 18.4 Å². The second kappa shape index (κ2) is 12.3. The molecule has 200 valence electrons. The minimum Gasteiger partial charge on any atom is -0.476 e. The molecule has 1 saturated heterocycles. The molecular formula is C21H29F6N3O5. The number of hydrogen-bond acceptors (Lipinski definition) is 6. The fraction of sp³-hybridized carbons (Fsp3) is 0.667. The van der Waals surface area contributed by atoms with Gasteiger partial charge >= 0.3 is 24.3 Å². The van der Waals surface area contributed by atoms with Crippen LogP contribution in [-0.2, 0) is 16.1 Å². The number of pyridine rings is 1. The maximum Gasteiger partial charge on any atom is 0.490 e. The molecule has 0 unspecified atom stereocenters. The van der Waals surface area contributed by atoms with Crippen LogP contribution in [0.4, 0.5) is 32.2 Å². The van der Waals surface area contributed by atoms with Crippen molar-refractivity contribution < 1.29 is 50.9 Å². The van der Waals surface area contributed by atoms with Crippen LogP contribution < -0.4 is 15.0 Å². The van der Waals surface area contributed by atoms with Crippen molar-refractivity contribution in [2.75, 3.05) is 31.1 Å². The van der Waals surface area contributed by atoms with E-state index in [0.29, 0.717) is 12.0 Å². The minimum absolute atomic E-state index is 0.419. The molecule has 0 aliphatic carbocycles. The summed E-state index contributed by atoms with van der Waals surface area (Å²) >= 11 is 0. The van der Waals surface area contributed by atoms with Gasteiger partial charge in [0.25, 0.3) is 0 Å². The Labute approximate surface area is 198 Å². The van der Waals surface area contributed by atoms with E-state index in [4.69, 9.17) is 29.5 Å². The van der Waals surface area contributed by atoms with E-state index in [9.17, 15) is 26.3 Å². The van der Waals surface area contributed by atoms with Gasteiger partial charge < -0.3 is 25.2 Å². The number of nitrogens with one attached hydrogen (secondary N) is 1. The number of aliphatic carboxylic acids is 2. The second-order valence-electron chi connectivity index (χ2n) is 8.89. The fourth-order valence-corrected chi connectivity index (χ4v) is 3.31. The Morgan fingerprint density at radius 2 is 1.49 bits per heavy atom.